The van der Waals surface area contributed by atoms with Crippen molar-refractivity contribution in [2.24, 2.45) is 0 Å². The van der Waals surface area contributed by atoms with Crippen molar-refractivity contribution in [1.29, 1.82) is 0 Å². The van der Waals surface area contributed by atoms with E-state index in [0.717, 1.165) is 28.9 Å². The molecule has 3 aromatic heterocycles. The number of methoxy groups -OCH3 is 1. The first-order valence-electron chi connectivity index (χ1n) is 15.5. The van der Waals surface area contributed by atoms with Crippen molar-refractivity contribution in [3.05, 3.63) is 68.8 Å². The number of hydrogen-bond donors (Lipinski definition) is 3. The number of fused-ring (bicyclic) bond motifs is 8. The Morgan fingerprint density at radius 2 is 1.53 bits per heavy atom. The Kier molecular flexibility index (Phi) is 7.49. The Morgan fingerprint density at radius 3 is 2.18 bits per heavy atom. The number of nitrogens with one attached hydrogen (secondary N) is 2. The topological polar surface area (TPSA) is 155 Å². The molecule has 2 unspecified atom stereocenters. The van der Waals surface area contributed by atoms with Gasteiger partial charge in [0, 0.05) is 74.9 Å². The molecule has 0 amide bonds. The minimum absolute atomic E-state index is 0.0719. The van der Waals surface area contributed by atoms with Crippen molar-refractivity contribution in [1.82, 2.24) is 19.9 Å². The van der Waals surface area contributed by atoms with Crippen LogP contribution in [0.4, 0.5) is 0 Å². The lowest BCUT2D eigenvalue weighted by atomic mass is 9.84. The summed E-state index contributed by atoms with van der Waals surface area (Å²) in [5, 5.41) is 9.60. The molecule has 5 heterocycles. The van der Waals surface area contributed by atoms with Crippen molar-refractivity contribution in [2.45, 2.75) is 90.4 Å². The van der Waals surface area contributed by atoms with Crippen LogP contribution in [0.15, 0.2) is 18.2 Å². The van der Waals surface area contributed by atoms with Gasteiger partial charge in [-0.1, -0.05) is 20.8 Å². The third kappa shape index (κ3) is 4.69. The molecule has 3 aliphatic rings. The van der Waals surface area contributed by atoms with Crippen LogP contribution >= 0.6 is 0 Å². The predicted molar refractivity (Wildman–Crippen MR) is 169 cm³/mol. The van der Waals surface area contributed by atoms with E-state index in [9.17, 15) is 24.3 Å². The number of carbonyl (C=O) groups excluding carboxylic acids is 3. The molecule has 45 heavy (non-hydrogen) atoms. The highest BCUT2D eigenvalue weighted by Crippen LogP contribution is 2.48. The number of carbonyl (C=O) groups is 4. The zero-order chi connectivity index (χ0) is 32.5. The molecule has 0 radical (unpaired) electrons. The number of ether oxygens (including phenoxy) is 1. The lowest BCUT2D eigenvalue weighted by Crippen LogP contribution is -2.21. The molecule has 0 fully saturated rings. The smallest absolute Gasteiger partial charge is 0.321 e. The Bertz CT molecular complexity index is 1970. The number of nitrogens with zero attached hydrogens (tertiary/aromatic N) is 2. The molecule has 0 saturated heterocycles. The number of aromatic nitrogens is 4. The first-order chi connectivity index (χ1) is 21.4. The summed E-state index contributed by atoms with van der Waals surface area (Å²) < 4.78 is 5.13. The molecule has 10 heteroatoms. The lowest BCUT2D eigenvalue weighted by Gasteiger charge is -2.18. The van der Waals surface area contributed by atoms with Crippen molar-refractivity contribution >= 4 is 45.6 Å². The summed E-state index contributed by atoms with van der Waals surface area (Å²) in [5.41, 5.74) is 8.46. The van der Waals surface area contributed by atoms with Gasteiger partial charge in [0.25, 0.3) is 0 Å². The average molecular weight is 611 g/mol. The maximum absolute atomic E-state index is 14.0. The molecular formula is C35H38N4O6. The zero-order valence-electron chi connectivity index (χ0n) is 26.6. The van der Waals surface area contributed by atoms with E-state index in [4.69, 9.17) is 14.7 Å². The summed E-state index contributed by atoms with van der Waals surface area (Å²) in [6, 6.07) is 5.84. The number of H-pyrrole nitrogens is 2. The predicted octanol–water partition coefficient (Wildman–Crippen LogP) is 6.64. The van der Waals surface area contributed by atoms with E-state index in [2.05, 4.69) is 23.8 Å². The first-order valence-corrected chi connectivity index (χ1v) is 15.5. The Morgan fingerprint density at radius 1 is 0.911 bits per heavy atom. The van der Waals surface area contributed by atoms with E-state index in [-0.39, 0.29) is 48.1 Å². The monoisotopic (exact) mass is 610 g/mol. The van der Waals surface area contributed by atoms with E-state index < -0.39 is 17.9 Å². The van der Waals surface area contributed by atoms with Gasteiger partial charge < -0.3 is 19.8 Å². The van der Waals surface area contributed by atoms with Crippen LogP contribution in [0.5, 0.6) is 0 Å². The second-order valence-electron chi connectivity index (χ2n) is 12.6. The van der Waals surface area contributed by atoms with Gasteiger partial charge >= 0.3 is 11.9 Å². The average Bonchev–Trinajstić information content (AvgIpc) is 3.72. The quantitative estimate of drug-likeness (QED) is 0.159. The number of aromatic amines is 2. The molecule has 2 aliphatic heterocycles. The van der Waals surface area contributed by atoms with E-state index in [0.29, 0.717) is 50.2 Å². The molecule has 0 spiro atoms. The summed E-state index contributed by atoms with van der Waals surface area (Å²) in [6.07, 6.45) is 0.999. The fraction of sp³-hybridized carbons (Fsp3) is 0.429. The second kappa shape index (κ2) is 11.1. The van der Waals surface area contributed by atoms with Crippen LogP contribution in [0.3, 0.4) is 0 Å². The number of carboxylic acid groups (broad SMARTS) is 1. The van der Waals surface area contributed by atoms with Gasteiger partial charge in [0.1, 0.15) is 5.92 Å². The third-order valence-corrected chi connectivity index (χ3v) is 10.1. The second-order valence-corrected chi connectivity index (χ2v) is 12.6. The van der Waals surface area contributed by atoms with Crippen molar-refractivity contribution in [3.63, 3.8) is 0 Å². The molecule has 0 aromatic carbocycles. The number of Topliss-reactive ketones (excluding diaryl/α,β-unsaturated/α-hetero) is 2. The van der Waals surface area contributed by atoms with Crippen LogP contribution in [0, 0.1) is 13.8 Å². The number of carboxylic acids is 1. The molecule has 3 aromatic rings. The SMILES string of the molecule is CCC1c2cc3[nH]c4c(c3C)C(=O)[C@H](C(=O)OC)c4c3nc(cc4[nH]c(cc(n2)C1C)c(C(C)=O)c4C)[C@@H](C)[C@@H]3CCC(=O)O. The van der Waals surface area contributed by atoms with Crippen LogP contribution in [0.25, 0.3) is 22.1 Å². The van der Waals surface area contributed by atoms with Gasteiger partial charge in [-0.2, -0.15) is 0 Å². The van der Waals surface area contributed by atoms with Gasteiger partial charge in [-0.05, 0) is 62.9 Å². The summed E-state index contributed by atoms with van der Waals surface area (Å²) in [7, 11) is 1.25. The zero-order valence-corrected chi connectivity index (χ0v) is 26.6. The van der Waals surface area contributed by atoms with E-state index in [1.54, 1.807) is 6.92 Å². The van der Waals surface area contributed by atoms with Crippen LogP contribution in [0.1, 0.15) is 137 Å². The summed E-state index contributed by atoms with van der Waals surface area (Å²) in [5.74, 6) is -3.69. The van der Waals surface area contributed by atoms with E-state index >= 15 is 0 Å². The number of rotatable bonds is 6. The number of ketones is 2. The molecule has 5 atom stereocenters. The first kappa shape index (κ1) is 30.4. The molecule has 1 aliphatic carbocycles. The van der Waals surface area contributed by atoms with Gasteiger partial charge in [0.05, 0.1) is 23.8 Å². The minimum atomic E-state index is -1.22. The fourth-order valence-corrected chi connectivity index (χ4v) is 7.61. The molecule has 10 nitrogen and oxygen atoms in total. The number of esters is 1. The Balaban J connectivity index is 1.81. The van der Waals surface area contributed by atoms with Crippen LogP contribution in [0.2, 0.25) is 0 Å². The van der Waals surface area contributed by atoms with Gasteiger partial charge in [0.15, 0.2) is 11.6 Å². The molecular weight excluding hydrogens is 572 g/mol. The van der Waals surface area contributed by atoms with Crippen molar-refractivity contribution in [2.75, 3.05) is 7.11 Å². The standard InChI is InChI=1S/C35H38N4O6/c1-8-19-14(2)21-13-26-28(18(6)40)16(4)23(37-26)11-22-15(3)20(9-10-27(41)42)32(38-22)30-31(35(44)45-7)34(43)29-17(5)24(39-33(29)30)12-25(19)36-21/h11-15,19-20,31,37,39H,8-10H2,1-7H3,(H,41,42)/t14?,15-,19?,20-,31+/m0/s1. The largest absolute Gasteiger partial charge is 0.481 e. The number of aliphatic carboxylic acids is 1. The molecule has 0 saturated carbocycles. The number of hydrogen-bond acceptors (Lipinski definition) is 7. The highest BCUT2D eigenvalue weighted by atomic mass is 16.5. The summed E-state index contributed by atoms with van der Waals surface area (Å²) >= 11 is 0. The van der Waals surface area contributed by atoms with Crippen LogP contribution in [-0.2, 0) is 14.3 Å². The molecule has 234 valence electrons. The minimum Gasteiger partial charge on any atom is -0.481 e. The highest BCUT2D eigenvalue weighted by Gasteiger charge is 2.45. The molecule has 8 bridgehead atoms. The third-order valence-electron chi connectivity index (χ3n) is 10.1. The highest BCUT2D eigenvalue weighted by molar-refractivity contribution is 6.23. The Labute approximate surface area is 260 Å². The van der Waals surface area contributed by atoms with E-state index in [1.165, 1.54) is 7.11 Å². The number of aryl methyl sites for hydroxylation is 2. The van der Waals surface area contributed by atoms with Gasteiger partial charge in [-0.15, -0.1) is 0 Å². The lowest BCUT2D eigenvalue weighted by molar-refractivity contribution is -0.141. The normalized spacial score (nSPS) is 22.1. The van der Waals surface area contributed by atoms with Crippen LogP contribution in [-0.4, -0.2) is 55.7 Å². The molecule has 3 N–H and O–H groups in total. The van der Waals surface area contributed by atoms with Gasteiger partial charge in [-0.3, -0.25) is 29.1 Å². The summed E-state index contributed by atoms with van der Waals surface area (Å²) in [6.45, 7) is 11.5. The van der Waals surface area contributed by atoms with Gasteiger partial charge in [-0.25, -0.2) is 0 Å². The van der Waals surface area contributed by atoms with Crippen molar-refractivity contribution in [3.8, 4) is 0 Å². The van der Waals surface area contributed by atoms with Crippen LogP contribution < -0.4 is 0 Å². The molecule has 6 rings (SSSR count). The maximum atomic E-state index is 14.0. The fourth-order valence-electron chi connectivity index (χ4n) is 7.61. The summed E-state index contributed by atoms with van der Waals surface area (Å²) in [4.78, 5) is 68.9. The van der Waals surface area contributed by atoms with Gasteiger partial charge in [0.2, 0.25) is 0 Å². The Hall–Kier alpha value is -4.60. The van der Waals surface area contributed by atoms with E-state index in [1.807, 2.05) is 39.0 Å². The van der Waals surface area contributed by atoms with Crippen molar-refractivity contribution < 1.29 is 29.0 Å². The maximum Gasteiger partial charge on any atom is 0.321 e.